The molecule has 0 unspecified atom stereocenters. The normalized spacial score (nSPS) is 13.3. The third-order valence-corrected chi connectivity index (χ3v) is 3.19. The summed E-state index contributed by atoms with van der Waals surface area (Å²) in [6.45, 7) is 2.71. The van der Waals surface area contributed by atoms with E-state index in [4.69, 9.17) is 4.74 Å². The number of benzene rings is 1. The Morgan fingerprint density at radius 3 is 2.52 bits per heavy atom. The van der Waals surface area contributed by atoms with Crippen LogP contribution in [0.2, 0.25) is 0 Å². The fourth-order valence-corrected chi connectivity index (χ4v) is 1.85. The van der Waals surface area contributed by atoms with Gasteiger partial charge in [-0.2, -0.15) is 0 Å². The molecule has 0 spiro atoms. The van der Waals surface area contributed by atoms with Crippen LogP contribution in [-0.4, -0.2) is 29.0 Å². The van der Waals surface area contributed by atoms with Crippen LogP contribution in [0.4, 0.5) is 0 Å². The van der Waals surface area contributed by atoms with Gasteiger partial charge in [0.2, 0.25) is 0 Å². The van der Waals surface area contributed by atoms with Crippen molar-refractivity contribution < 1.29 is 14.9 Å². The number of hydrogen-bond donors (Lipinski definition) is 2. The van der Waals surface area contributed by atoms with Crippen LogP contribution in [0.25, 0.3) is 0 Å². The monoisotopic (exact) mass is 290 g/mol. The van der Waals surface area contributed by atoms with Gasteiger partial charge < -0.3 is 14.9 Å². The Bertz CT molecular complexity index is 419. The second kappa shape index (κ2) is 11.3. The van der Waals surface area contributed by atoms with E-state index in [2.05, 4.69) is 18.8 Å². The van der Waals surface area contributed by atoms with Gasteiger partial charge in [-0.1, -0.05) is 50.1 Å². The minimum absolute atomic E-state index is 0.119. The van der Waals surface area contributed by atoms with Gasteiger partial charge in [-0.15, -0.1) is 11.8 Å². The fourth-order valence-electron chi connectivity index (χ4n) is 1.85. The molecule has 0 aliphatic rings. The maximum Gasteiger partial charge on any atom is 0.104 e. The Labute approximate surface area is 128 Å². The summed E-state index contributed by atoms with van der Waals surface area (Å²) in [5.41, 5.74) is 1.05. The standard InChI is InChI=1S/C18H26O3/c1-2-3-4-5-6-10-13-17(19)18(20)15-21-14-16-11-8-7-9-12-16/h7-9,11-12,17-20H,2-5,13-15H2,1H3/t17-,18-/m0/s1. The summed E-state index contributed by atoms with van der Waals surface area (Å²) >= 11 is 0. The molecule has 0 saturated carbocycles. The van der Waals surface area contributed by atoms with Gasteiger partial charge in [0.15, 0.2) is 0 Å². The lowest BCUT2D eigenvalue weighted by Gasteiger charge is -2.15. The molecular weight excluding hydrogens is 264 g/mol. The van der Waals surface area contributed by atoms with Crippen LogP contribution in [0.5, 0.6) is 0 Å². The average molecular weight is 290 g/mol. The Morgan fingerprint density at radius 1 is 1.05 bits per heavy atom. The van der Waals surface area contributed by atoms with Gasteiger partial charge in [0.25, 0.3) is 0 Å². The predicted octanol–water partition coefficient (Wildman–Crippen LogP) is 2.90. The highest BCUT2D eigenvalue weighted by Crippen LogP contribution is 2.04. The molecule has 1 aromatic carbocycles. The van der Waals surface area contributed by atoms with Gasteiger partial charge in [0, 0.05) is 12.8 Å². The quantitative estimate of drug-likeness (QED) is 0.543. The first kappa shape index (κ1) is 17.7. The molecule has 1 rings (SSSR count). The molecule has 116 valence electrons. The Kier molecular flexibility index (Phi) is 9.56. The number of unbranched alkanes of at least 4 members (excludes halogenated alkanes) is 3. The van der Waals surface area contributed by atoms with E-state index in [1.807, 2.05) is 30.3 Å². The molecule has 0 aliphatic heterocycles. The van der Waals surface area contributed by atoms with E-state index in [1.165, 1.54) is 12.8 Å². The minimum Gasteiger partial charge on any atom is -0.389 e. The molecule has 0 bridgehead atoms. The molecule has 1 aromatic rings. The third kappa shape index (κ3) is 8.52. The van der Waals surface area contributed by atoms with E-state index in [-0.39, 0.29) is 6.61 Å². The molecule has 0 saturated heterocycles. The summed E-state index contributed by atoms with van der Waals surface area (Å²) in [5, 5.41) is 19.6. The van der Waals surface area contributed by atoms with Crippen molar-refractivity contribution in [3.05, 3.63) is 35.9 Å². The van der Waals surface area contributed by atoms with Crippen LogP contribution in [0.1, 0.15) is 44.6 Å². The second-order valence-electron chi connectivity index (χ2n) is 5.15. The summed E-state index contributed by atoms with van der Waals surface area (Å²) in [4.78, 5) is 0. The molecule has 3 nitrogen and oxygen atoms in total. The van der Waals surface area contributed by atoms with Crippen LogP contribution in [0.3, 0.4) is 0 Å². The molecule has 0 fully saturated rings. The zero-order valence-electron chi connectivity index (χ0n) is 12.8. The lowest BCUT2D eigenvalue weighted by molar-refractivity contribution is -0.0399. The molecule has 0 radical (unpaired) electrons. The Balaban J connectivity index is 2.14. The summed E-state index contributed by atoms with van der Waals surface area (Å²) in [7, 11) is 0. The number of ether oxygens (including phenoxy) is 1. The molecule has 3 heteroatoms. The first-order valence-corrected chi connectivity index (χ1v) is 7.67. The van der Waals surface area contributed by atoms with E-state index < -0.39 is 12.2 Å². The van der Waals surface area contributed by atoms with E-state index in [0.29, 0.717) is 13.0 Å². The van der Waals surface area contributed by atoms with Crippen LogP contribution in [-0.2, 0) is 11.3 Å². The van der Waals surface area contributed by atoms with E-state index in [9.17, 15) is 10.2 Å². The van der Waals surface area contributed by atoms with Crippen molar-refractivity contribution in [2.75, 3.05) is 6.61 Å². The lowest BCUT2D eigenvalue weighted by atomic mass is 10.1. The van der Waals surface area contributed by atoms with Crippen molar-refractivity contribution in [1.29, 1.82) is 0 Å². The number of aliphatic hydroxyl groups excluding tert-OH is 2. The molecule has 0 amide bonds. The number of hydrogen-bond acceptors (Lipinski definition) is 3. The Morgan fingerprint density at radius 2 is 1.81 bits per heavy atom. The van der Waals surface area contributed by atoms with Crippen molar-refractivity contribution >= 4 is 0 Å². The summed E-state index contributed by atoms with van der Waals surface area (Å²) < 4.78 is 5.40. The number of aliphatic hydroxyl groups is 2. The molecule has 2 atom stereocenters. The van der Waals surface area contributed by atoms with Crippen LogP contribution in [0, 0.1) is 11.8 Å². The average Bonchev–Trinajstić information content (AvgIpc) is 2.51. The lowest BCUT2D eigenvalue weighted by Crippen LogP contribution is -2.30. The first-order chi connectivity index (χ1) is 10.2. The first-order valence-electron chi connectivity index (χ1n) is 7.67. The topological polar surface area (TPSA) is 49.7 Å². The maximum atomic E-state index is 9.79. The molecule has 21 heavy (non-hydrogen) atoms. The smallest absolute Gasteiger partial charge is 0.104 e. The van der Waals surface area contributed by atoms with Crippen LogP contribution < -0.4 is 0 Å². The van der Waals surface area contributed by atoms with Gasteiger partial charge in [-0.25, -0.2) is 0 Å². The number of rotatable bonds is 9. The fraction of sp³-hybridized carbons (Fsp3) is 0.556. The predicted molar refractivity (Wildman–Crippen MR) is 84.6 cm³/mol. The van der Waals surface area contributed by atoms with Crippen LogP contribution in [0.15, 0.2) is 30.3 Å². The van der Waals surface area contributed by atoms with Gasteiger partial charge in [0.05, 0.1) is 19.3 Å². The van der Waals surface area contributed by atoms with Crippen molar-refractivity contribution in [2.45, 2.75) is 57.8 Å². The van der Waals surface area contributed by atoms with Gasteiger partial charge in [0.1, 0.15) is 6.10 Å². The van der Waals surface area contributed by atoms with Crippen molar-refractivity contribution in [3.63, 3.8) is 0 Å². The van der Waals surface area contributed by atoms with Gasteiger partial charge in [-0.3, -0.25) is 0 Å². The highest BCUT2D eigenvalue weighted by Gasteiger charge is 2.15. The van der Waals surface area contributed by atoms with Crippen molar-refractivity contribution in [1.82, 2.24) is 0 Å². The molecule has 0 aliphatic carbocycles. The maximum absolute atomic E-state index is 9.79. The third-order valence-electron chi connectivity index (χ3n) is 3.19. The van der Waals surface area contributed by atoms with Crippen LogP contribution >= 0.6 is 0 Å². The molecule has 0 heterocycles. The van der Waals surface area contributed by atoms with E-state index in [1.54, 1.807) is 0 Å². The molecule has 2 N–H and O–H groups in total. The highest BCUT2D eigenvalue weighted by molar-refractivity contribution is 5.13. The highest BCUT2D eigenvalue weighted by atomic mass is 16.5. The summed E-state index contributed by atoms with van der Waals surface area (Å²) in [6.07, 6.45) is 2.89. The van der Waals surface area contributed by atoms with Crippen molar-refractivity contribution in [2.24, 2.45) is 0 Å². The van der Waals surface area contributed by atoms with E-state index >= 15 is 0 Å². The zero-order chi connectivity index (χ0) is 15.3. The largest absolute Gasteiger partial charge is 0.389 e. The molecular formula is C18H26O3. The second-order valence-corrected chi connectivity index (χ2v) is 5.15. The van der Waals surface area contributed by atoms with E-state index in [0.717, 1.165) is 18.4 Å². The van der Waals surface area contributed by atoms with Gasteiger partial charge in [-0.05, 0) is 12.0 Å². The minimum atomic E-state index is -0.890. The summed E-state index contributed by atoms with van der Waals surface area (Å²) in [6, 6.07) is 9.76. The van der Waals surface area contributed by atoms with Gasteiger partial charge >= 0.3 is 0 Å². The van der Waals surface area contributed by atoms with Crippen molar-refractivity contribution in [3.8, 4) is 11.8 Å². The molecule has 0 aromatic heterocycles. The zero-order valence-corrected chi connectivity index (χ0v) is 12.8. The SMILES string of the molecule is CCCCCC#CC[C@H](O)[C@@H](O)COCc1ccccc1. The summed E-state index contributed by atoms with van der Waals surface area (Å²) in [5.74, 6) is 5.94. The Hall–Kier alpha value is -1.34.